The molecule has 3 N–H and O–H groups in total. The van der Waals surface area contributed by atoms with E-state index in [2.05, 4.69) is 38.3 Å². The van der Waals surface area contributed by atoms with E-state index in [1.54, 1.807) is 36.0 Å². The zero-order valence-electron chi connectivity index (χ0n) is 16.0. The lowest BCUT2D eigenvalue weighted by atomic mass is 10.2. The number of urea groups is 1. The summed E-state index contributed by atoms with van der Waals surface area (Å²) in [7, 11) is 0. The molecular weight excluding hydrogens is 406 g/mol. The quantitative estimate of drug-likeness (QED) is 0.378. The van der Waals surface area contributed by atoms with Crippen LogP contribution in [0.15, 0.2) is 58.9 Å². The average molecular weight is 428 g/mol. The molecule has 3 rings (SSSR count). The van der Waals surface area contributed by atoms with Crippen LogP contribution in [0.1, 0.15) is 29.8 Å². The van der Waals surface area contributed by atoms with Crippen LogP contribution >= 0.6 is 23.1 Å². The van der Waals surface area contributed by atoms with Gasteiger partial charge in [0, 0.05) is 23.0 Å². The number of hydrogen-bond acceptors (Lipinski definition) is 6. The van der Waals surface area contributed by atoms with Gasteiger partial charge in [-0.15, -0.1) is 10.2 Å². The zero-order valence-corrected chi connectivity index (χ0v) is 17.6. The highest BCUT2D eigenvalue weighted by Crippen LogP contribution is 2.28. The number of nitrogens with one attached hydrogen (secondary N) is 3. The third-order valence-corrected chi connectivity index (χ3v) is 5.70. The van der Waals surface area contributed by atoms with Gasteiger partial charge < -0.3 is 10.6 Å². The van der Waals surface area contributed by atoms with Gasteiger partial charge in [0.1, 0.15) is 0 Å². The molecule has 1 aromatic heterocycles. The van der Waals surface area contributed by atoms with E-state index in [0.717, 1.165) is 10.1 Å². The summed E-state index contributed by atoms with van der Waals surface area (Å²) in [5.74, 6) is 0.515. The van der Waals surface area contributed by atoms with E-state index in [0.29, 0.717) is 16.4 Å². The number of amides is 3. The fraction of sp³-hybridized carbons (Fsp3) is 0.200. The normalized spacial score (nSPS) is 10.6. The maximum absolute atomic E-state index is 12.4. The molecule has 9 heteroatoms. The second-order valence-electron chi connectivity index (χ2n) is 6.43. The molecule has 0 spiro atoms. The first-order chi connectivity index (χ1) is 14.0. The Kier molecular flexibility index (Phi) is 7.20. The molecule has 0 aliphatic rings. The Morgan fingerprint density at radius 3 is 2.41 bits per heavy atom. The second kappa shape index (κ2) is 10.0. The molecule has 1 heterocycles. The SMILES string of the molecule is CC(C)NC(=O)Nc1ccc(C(=O)Nc2nnc(SCc3ccccc3)s2)cc1. The first-order valence-corrected chi connectivity index (χ1v) is 10.8. The van der Waals surface area contributed by atoms with Crippen LogP contribution in [-0.2, 0) is 5.75 Å². The molecule has 0 fully saturated rings. The first kappa shape index (κ1) is 20.8. The van der Waals surface area contributed by atoms with E-state index in [1.165, 1.54) is 16.9 Å². The summed E-state index contributed by atoms with van der Waals surface area (Å²) in [4.78, 5) is 24.1. The Hall–Kier alpha value is -2.91. The van der Waals surface area contributed by atoms with Gasteiger partial charge in [0.15, 0.2) is 4.34 Å². The van der Waals surface area contributed by atoms with Gasteiger partial charge in [-0.2, -0.15) is 0 Å². The van der Waals surface area contributed by atoms with Crippen molar-refractivity contribution in [3.05, 3.63) is 65.7 Å². The van der Waals surface area contributed by atoms with Gasteiger partial charge in [-0.05, 0) is 43.7 Å². The lowest BCUT2D eigenvalue weighted by molar-refractivity contribution is 0.102. The van der Waals surface area contributed by atoms with E-state index >= 15 is 0 Å². The van der Waals surface area contributed by atoms with Gasteiger partial charge in [-0.25, -0.2) is 4.79 Å². The smallest absolute Gasteiger partial charge is 0.319 e. The minimum absolute atomic E-state index is 0.0442. The Balaban J connectivity index is 1.52. The molecule has 0 saturated heterocycles. The summed E-state index contributed by atoms with van der Waals surface area (Å²) >= 11 is 2.91. The van der Waals surface area contributed by atoms with E-state index in [4.69, 9.17) is 0 Å². The lowest BCUT2D eigenvalue weighted by Crippen LogP contribution is -2.34. The third-order valence-electron chi connectivity index (χ3n) is 3.66. The second-order valence-corrected chi connectivity index (χ2v) is 8.63. The molecule has 29 heavy (non-hydrogen) atoms. The van der Waals surface area contributed by atoms with Crippen LogP contribution < -0.4 is 16.0 Å². The van der Waals surface area contributed by atoms with Gasteiger partial charge in [-0.3, -0.25) is 10.1 Å². The number of carbonyl (C=O) groups excluding carboxylic acids is 2. The summed E-state index contributed by atoms with van der Waals surface area (Å²) < 4.78 is 0.792. The molecule has 0 unspecified atom stereocenters. The van der Waals surface area contributed by atoms with Crippen molar-refractivity contribution in [1.29, 1.82) is 0 Å². The highest BCUT2D eigenvalue weighted by molar-refractivity contribution is 8.00. The third kappa shape index (κ3) is 6.58. The molecule has 0 radical (unpaired) electrons. The maximum Gasteiger partial charge on any atom is 0.319 e. The molecule has 0 bridgehead atoms. The number of benzene rings is 2. The Labute approximate surface area is 177 Å². The Morgan fingerprint density at radius 1 is 1.00 bits per heavy atom. The number of hydrogen-bond donors (Lipinski definition) is 3. The minimum atomic E-state index is -0.286. The summed E-state index contributed by atoms with van der Waals surface area (Å²) in [6, 6.07) is 16.5. The fourth-order valence-corrected chi connectivity index (χ4v) is 4.04. The van der Waals surface area contributed by atoms with Gasteiger partial charge >= 0.3 is 6.03 Å². The van der Waals surface area contributed by atoms with Gasteiger partial charge in [0.2, 0.25) is 5.13 Å². The Bertz CT molecular complexity index is 959. The summed E-state index contributed by atoms with van der Waals surface area (Å²) in [5.41, 5.74) is 2.28. The van der Waals surface area contributed by atoms with Crippen LogP contribution in [-0.4, -0.2) is 28.2 Å². The van der Waals surface area contributed by atoms with Crippen molar-refractivity contribution in [2.75, 3.05) is 10.6 Å². The average Bonchev–Trinajstić information content (AvgIpc) is 3.14. The van der Waals surface area contributed by atoms with Gasteiger partial charge in [-0.1, -0.05) is 53.4 Å². The topological polar surface area (TPSA) is 96.0 Å². The van der Waals surface area contributed by atoms with Crippen LogP contribution in [0.25, 0.3) is 0 Å². The largest absolute Gasteiger partial charge is 0.336 e. The molecule has 0 aliphatic heterocycles. The summed E-state index contributed by atoms with van der Waals surface area (Å²) in [5, 5.41) is 16.8. The summed E-state index contributed by atoms with van der Waals surface area (Å²) in [6.07, 6.45) is 0. The predicted molar refractivity (Wildman–Crippen MR) is 118 cm³/mol. The Morgan fingerprint density at radius 2 is 1.72 bits per heavy atom. The lowest BCUT2D eigenvalue weighted by Gasteiger charge is -2.10. The van der Waals surface area contributed by atoms with Crippen LogP contribution in [0.4, 0.5) is 15.6 Å². The van der Waals surface area contributed by atoms with Crippen LogP contribution in [0, 0.1) is 0 Å². The summed E-state index contributed by atoms with van der Waals surface area (Å²) in [6.45, 7) is 3.76. The standard InChI is InChI=1S/C20H21N5O2S2/c1-13(2)21-18(27)22-16-10-8-15(9-11-16)17(26)23-19-24-25-20(29-19)28-12-14-6-4-3-5-7-14/h3-11,13H,12H2,1-2H3,(H2,21,22,27)(H,23,24,26). The molecule has 2 aromatic carbocycles. The zero-order chi connectivity index (χ0) is 20.6. The van der Waals surface area contributed by atoms with E-state index in [1.807, 2.05) is 32.0 Å². The molecule has 0 saturated carbocycles. The first-order valence-electron chi connectivity index (χ1n) is 8.99. The minimum Gasteiger partial charge on any atom is -0.336 e. The molecule has 3 amide bonds. The van der Waals surface area contributed by atoms with Crippen molar-refractivity contribution in [3.8, 4) is 0 Å². The van der Waals surface area contributed by atoms with Crippen molar-refractivity contribution in [3.63, 3.8) is 0 Å². The predicted octanol–water partition coefficient (Wildman–Crippen LogP) is 4.61. The van der Waals surface area contributed by atoms with Crippen molar-refractivity contribution < 1.29 is 9.59 Å². The number of rotatable bonds is 7. The van der Waals surface area contributed by atoms with Crippen molar-refractivity contribution in [2.24, 2.45) is 0 Å². The molecule has 150 valence electrons. The van der Waals surface area contributed by atoms with Crippen molar-refractivity contribution in [1.82, 2.24) is 15.5 Å². The number of anilines is 2. The molecule has 0 atom stereocenters. The number of thioether (sulfide) groups is 1. The van der Waals surface area contributed by atoms with E-state index in [-0.39, 0.29) is 18.0 Å². The van der Waals surface area contributed by atoms with Crippen molar-refractivity contribution in [2.45, 2.75) is 30.0 Å². The van der Waals surface area contributed by atoms with Crippen LogP contribution in [0.3, 0.4) is 0 Å². The molecule has 7 nitrogen and oxygen atoms in total. The van der Waals surface area contributed by atoms with Crippen LogP contribution in [0.2, 0.25) is 0 Å². The number of carbonyl (C=O) groups is 2. The molecule has 3 aromatic rings. The highest BCUT2D eigenvalue weighted by Gasteiger charge is 2.11. The van der Waals surface area contributed by atoms with Gasteiger partial charge in [0.25, 0.3) is 5.91 Å². The molecule has 0 aliphatic carbocycles. The van der Waals surface area contributed by atoms with E-state index in [9.17, 15) is 9.59 Å². The van der Waals surface area contributed by atoms with Gasteiger partial charge in [0.05, 0.1) is 0 Å². The van der Waals surface area contributed by atoms with Crippen molar-refractivity contribution >= 4 is 45.9 Å². The highest BCUT2D eigenvalue weighted by atomic mass is 32.2. The number of aromatic nitrogens is 2. The van der Waals surface area contributed by atoms with E-state index < -0.39 is 0 Å². The maximum atomic E-state index is 12.4. The van der Waals surface area contributed by atoms with Crippen LogP contribution in [0.5, 0.6) is 0 Å². The molecular formula is C20H21N5O2S2. The number of nitrogens with zero attached hydrogens (tertiary/aromatic N) is 2. The monoisotopic (exact) mass is 427 g/mol. The fourth-order valence-electron chi connectivity index (χ4n) is 2.34.